The van der Waals surface area contributed by atoms with Crippen LogP contribution < -0.4 is 0 Å². The number of fused-ring (bicyclic) bond motifs is 9. The summed E-state index contributed by atoms with van der Waals surface area (Å²) < 4.78 is 4.88. The second kappa shape index (κ2) is 18.5. The molecule has 4 heteroatoms. The van der Waals surface area contributed by atoms with Crippen LogP contribution in [0.4, 0.5) is 0 Å². The highest BCUT2D eigenvalue weighted by molar-refractivity contribution is 7.25. The Morgan fingerprint density at radius 1 is 0.380 bits per heavy atom. The zero-order valence-electron chi connectivity index (χ0n) is 43.8. The van der Waals surface area contributed by atoms with Crippen molar-refractivity contribution in [3.63, 3.8) is 0 Å². The molecular formula is C75H51N3S. The Kier molecular flexibility index (Phi) is 10.9. The van der Waals surface area contributed by atoms with Gasteiger partial charge in [0.1, 0.15) is 0 Å². The predicted octanol–water partition coefficient (Wildman–Crippen LogP) is 20.0. The first-order valence-electron chi connectivity index (χ1n) is 27.1. The summed E-state index contributed by atoms with van der Waals surface area (Å²) in [7, 11) is 0. The van der Waals surface area contributed by atoms with Gasteiger partial charge in [-0.2, -0.15) is 0 Å². The predicted molar refractivity (Wildman–Crippen MR) is 336 cm³/mol. The highest BCUT2D eigenvalue weighted by Gasteiger charge is 2.35. The lowest BCUT2D eigenvalue weighted by atomic mass is 9.82. The maximum absolute atomic E-state index is 5.58. The Morgan fingerprint density at radius 3 is 1.70 bits per heavy atom. The van der Waals surface area contributed by atoms with Gasteiger partial charge in [-0.1, -0.05) is 202 Å². The fraction of sp³-hybridized carbons (Fsp3) is 0.0400. The smallest absolute Gasteiger partial charge is 0.160 e. The van der Waals surface area contributed by atoms with Crippen LogP contribution in [0.3, 0.4) is 0 Å². The van der Waals surface area contributed by atoms with Crippen LogP contribution >= 0.6 is 11.3 Å². The van der Waals surface area contributed by atoms with E-state index in [1.54, 1.807) is 0 Å². The van der Waals surface area contributed by atoms with Gasteiger partial charge in [-0.3, -0.25) is 0 Å². The van der Waals surface area contributed by atoms with E-state index in [9.17, 15) is 0 Å². The van der Waals surface area contributed by atoms with E-state index in [4.69, 9.17) is 9.98 Å². The number of hydrogen-bond acceptors (Lipinski definition) is 3. The van der Waals surface area contributed by atoms with E-state index in [1.165, 1.54) is 92.2 Å². The molecule has 11 aromatic carbocycles. The van der Waals surface area contributed by atoms with E-state index < -0.39 is 0 Å². The lowest BCUT2D eigenvalue weighted by Crippen LogP contribution is -2.14. The topological polar surface area (TPSA) is 29.6 Å². The number of rotatable bonds is 8. The molecule has 0 saturated heterocycles. The zero-order chi connectivity index (χ0) is 52.8. The molecule has 15 rings (SSSR count). The molecule has 1 aliphatic carbocycles. The Morgan fingerprint density at radius 2 is 0.937 bits per heavy atom. The van der Waals surface area contributed by atoms with E-state index in [2.05, 4.69) is 280 Å². The van der Waals surface area contributed by atoms with Crippen LogP contribution in [0.2, 0.25) is 0 Å². The molecular weight excluding hydrogens is 975 g/mol. The molecule has 13 aromatic rings. The summed E-state index contributed by atoms with van der Waals surface area (Å²) in [6.45, 7) is 9.37. The van der Waals surface area contributed by atoms with Crippen molar-refractivity contribution in [1.29, 1.82) is 0 Å². The third-order valence-electron chi connectivity index (χ3n) is 16.3. The lowest BCUT2D eigenvalue weighted by Gasteiger charge is -2.21. The monoisotopic (exact) mass is 1030 g/mol. The fourth-order valence-electron chi connectivity index (χ4n) is 12.4. The maximum Gasteiger partial charge on any atom is 0.160 e. The molecule has 3 heterocycles. The number of benzene rings is 11. The van der Waals surface area contributed by atoms with Crippen molar-refractivity contribution in [3.05, 3.63) is 301 Å². The van der Waals surface area contributed by atoms with Crippen molar-refractivity contribution >= 4 is 70.6 Å². The maximum atomic E-state index is 5.58. The second-order valence-electron chi connectivity index (χ2n) is 21.4. The van der Waals surface area contributed by atoms with Crippen molar-refractivity contribution in [1.82, 2.24) is 4.57 Å². The highest BCUT2D eigenvalue weighted by atomic mass is 32.1. The summed E-state index contributed by atoms with van der Waals surface area (Å²) >= 11 is 1.82. The molecule has 2 aliphatic rings. The number of hydrogen-bond donors (Lipinski definition) is 0. The Bertz CT molecular complexity index is 4680. The minimum absolute atomic E-state index is 0.0494. The van der Waals surface area contributed by atoms with E-state index in [1.807, 2.05) is 17.4 Å². The fourth-order valence-corrected chi connectivity index (χ4v) is 13.5. The van der Waals surface area contributed by atoms with E-state index in [0.717, 1.165) is 55.9 Å². The summed E-state index contributed by atoms with van der Waals surface area (Å²) in [6.07, 6.45) is 2.13. The average molecular weight is 1030 g/mol. The van der Waals surface area contributed by atoms with Crippen LogP contribution in [0, 0.1) is 0 Å². The number of thiophene rings is 1. The molecule has 0 fully saturated rings. The van der Waals surface area contributed by atoms with Crippen molar-refractivity contribution < 1.29 is 0 Å². The van der Waals surface area contributed by atoms with Gasteiger partial charge in [-0.15, -0.1) is 11.3 Å². The van der Waals surface area contributed by atoms with Crippen molar-refractivity contribution in [2.24, 2.45) is 9.98 Å². The van der Waals surface area contributed by atoms with E-state index >= 15 is 0 Å². The van der Waals surface area contributed by atoms with E-state index in [0.29, 0.717) is 5.84 Å². The molecule has 0 amide bonds. The molecule has 0 N–H and O–H groups in total. The summed E-state index contributed by atoms with van der Waals surface area (Å²) in [5, 5.41) is 4.84. The molecule has 0 atom stereocenters. The van der Waals surface area contributed by atoms with Crippen LogP contribution in [-0.4, -0.2) is 16.1 Å². The van der Waals surface area contributed by atoms with Crippen LogP contribution in [0.1, 0.15) is 41.7 Å². The van der Waals surface area contributed by atoms with Gasteiger partial charge in [-0.25, -0.2) is 9.98 Å². The Labute approximate surface area is 463 Å². The number of nitrogens with zero attached hydrogens (tertiary/aromatic N) is 3. The number of para-hydroxylation sites is 1. The Balaban J connectivity index is 0.849. The van der Waals surface area contributed by atoms with Crippen LogP contribution in [0.15, 0.2) is 283 Å². The van der Waals surface area contributed by atoms with E-state index in [-0.39, 0.29) is 5.41 Å². The highest BCUT2D eigenvalue weighted by Crippen LogP contribution is 2.50. The zero-order valence-corrected chi connectivity index (χ0v) is 44.6. The van der Waals surface area contributed by atoms with Crippen molar-refractivity contribution in [3.8, 4) is 61.3 Å². The molecule has 0 unspecified atom stereocenters. The quantitative estimate of drug-likeness (QED) is 0.145. The molecule has 0 radical (unpaired) electrons. The standard InChI is InChI=1S/C75H51N3S/c1-47-39-67(76-74(77-73(47)50-23-11-6-12-24-50)54-26-17-25-51(40-54)57-42-55(48-19-7-4-8-20-48)41-56(43-57)49-21-9-5-10-22-49)61-29-18-32-71-72(61)64-45-53(34-38-70(64)79-71)52-33-37-69-63(44-52)60-28-14-16-31-68(60)78(69)58-35-36-66-62(46-58)59-27-13-15-30-65(59)75(66,2)3/h4-46H,1H2,2-3H3. The van der Waals surface area contributed by atoms with Gasteiger partial charge >= 0.3 is 0 Å². The van der Waals surface area contributed by atoms with Crippen LogP contribution in [0.5, 0.6) is 0 Å². The molecule has 372 valence electrons. The number of aromatic nitrogens is 1. The van der Waals surface area contributed by atoms with Gasteiger partial charge in [0.05, 0.1) is 22.4 Å². The lowest BCUT2D eigenvalue weighted by molar-refractivity contribution is 0.660. The minimum Gasteiger partial charge on any atom is -0.309 e. The van der Waals surface area contributed by atoms with Gasteiger partial charge in [0.15, 0.2) is 5.84 Å². The van der Waals surface area contributed by atoms with Gasteiger partial charge in [0, 0.05) is 58.7 Å². The van der Waals surface area contributed by atoms with Gasteiger partial charge in [0.2, 0.25) is 0 Å². The second-order valence-corrected chi connectivity index (χ2v) is 22.5. The number of aliphatic imine (C=N–C) groups is 2. The first-order valence-corrected chi connectivity index (χ1v) is 27.9. The summed E-state index contributed by atoms with van der Waals surface area (Å²) in [5.74, 6) is 0.631. The number of amidine groups is 1. The minimum atomic E-state index is -0.0494. The first kappa shape index (κ1) is 46.6. The molecule has 1 aliphatic heterocycles. The van der Waals surface area contributed by atoms with Gasteiger partial charge in [0.25, 0.3) is 0 Å². The van der Waals surface area contributed by atoms with Crippen LogP contribution in [0.25, 0.3) is 109 Å². The molecule has 0 bridgehead atoms. The molecule has 0 saturated carbocycles. The summed E-state index contributed by atoms with van der Waals surface area (Å²) in [5.41, 5.74) is 23.5. The van der Waals surface area contributed by atoms with Crippen molar-refractivity contribution in [2.75, 3.05) is 0 Å². The van der Waals surface area contributed by atoms with Crippen molar-refractivity contribution in [2.45, 2.75) is 19.3 Å². The summed E-state index contributed by atoms with van der Waals surface area (Å²) in [4.78, 5) is 11.0. The summed E-state index contributed by atoms with van der Waals surface area (Å²) in [6, 6.07) is 92.6. The third-order valence-corrected chi connectivity index (χ3v) is 17.4. The van der Waals surface area contributed by atoms with Gasteiger partial charge in [-0.05, 0) is 151 Å². The van der Waals surface area contributed by atoms with Crippen LogP contribution in [-0.2, 0) is 5.41 Å². The normalized spacial score (nSPS) is 13.8. The molecule has 3 nitrogen and oxygen atoms in total. The first-order chi connectivity index (χ1) is 38.8. The third kappa shape index (κ3) is 7.86. The molecule has 79 heavy (non-hydrogen) atoms. The molecule has 0 spiro atoms. The average Bonchev–Trinajstić information content (AvgIpc) is 4.27. The largest absolute Gasteiger partial charge is 0.309 e. The SMILES string of the molecule is C=C1C=C(c2cccc3sc4ccc(-c5ccc6c(c5)c5ccccc5n6-c5ccc6c(c5)-c5ccccc5C6(C)C)cc4c23)N=C(c2cccc(-c3cc(-c4ccccc4)cc(-c4ccccc4)c3)c2)N=C1c1ccccc1. The van der Waals surface area contributed by atoms with Gasteiger partial charge < -0.3 is 4.57 Å². The Hall–Kier alpha value is -9.74. The molecule has 2 aromatic heterocycles. The number of allylic oxidation sites excluding steroid dienone is 2.